The van der Waals surface area contributed by atoms with Gasteiger partial charge in [0.1, 0.15) is 22.8 Å². The molecule has 0 aliphatic rings. The number of amides is 1. The van der Waals surface area contributed by atoms with Crippen molar-refractivity contribution < 1.29 is 27.8 Å². The third-order valence-electron chi connectivity index (χ3n) is 8.41. The van der Waals surface area contributed by atoms with Crippen LogP contribution in [0.3, 0.4) is 0 Å². The molecule has 1 N–H and O–H groups in total. The summed E-state index contributed by atoms with van der Waals surface area (Å²) in [6, 6.07) is 35.4. The number of hydrogen-bond donors (Lipinski definition) is 1. The minimum Gasteiger partial charge on any atom is -0.462 e. The number of anilines is 1. The number of aromatic nitrogens is 1. The molecule has 0 saturated carbocycles. The van der Waals surface area contributed by atoms with Crippen molar-refractivity contribution in [1.29, 1.82) is 0 Å². The zero-order chi connectivity index (χ0) is 35.3. The number of carbonyl (C=O) groups excluding carboxylic acids is 2. The van der Waals surface area contributed by atoms with Crippen molar-refractivity contribution in [3.8, 4) is 5.69 Å². The minimum absolute atomic E-state index is 0.00379. The van der Waals surface area contributed by atoms with Crippen LogP contribution in [-0.4, -0.2) is 30.2 Å². The zero-order valence-corrected chi connectivity index (χ0v) is 27.1. The zero-order valence-electron chi connectivity index (χ0n) is 27.1. The average Bonchev–Trinajstić information content (AvgIpc) is 3.14. The number of fused-ring (bicyclic) bond motifs is 1. The Kier molecular flexibility index (Phi) is 9.78. The maximum Gasteiger partial charge on any atom is 0.343 e. The van der Waals surface area contributed by atoms with Crippen molar-refractivity contribution in [3.05, 3.63) is 184 Å². The summed E-state index contributed by atoms with van der Waals surface area (Å²) in [5.41, 5.74) is 1.02. The molecular formula is C41H32F2N2O5. The van der Waals surface area contributed by atoms with Crippen molar-refractivity contribution in [2.45, 2.75) is 12.5 Å². The van der Waals surface area contributed by atoms with Crippen molar-refractivity contribution in [1.82, 2.24) is 4.57 Å². The summed E-state index contributed by atoms with van der Waals surface area (Å²) in [5, 5.41) is 2.18. The molecule has 0 bridgehead atoms. The van der Waals surface area contributed by atoms with Gasteiger partial charge < -0.3 is 19.4 Å². The highest BCUT2D eigenvalue weighted by Gasteiger charge is 2.38. The van der Waals surface area contributed by atoms with Crippen LogP contribution < -0.4 is 10.7 Å². The van der Waals surface area contributed by atoms with E-state index in [0.29, 0.717) is 6.41 Å². The molecule has 6 rings (SSSR count). The van der Waals surface area contributed by atoms with Crippen molar-refractivity contribution >= 4 is 34.5 Å². The lowest BCUT2D eigenvalue weighted by Gasteiger charge is -2.36. The van der Waals surface area contributed by atoms with E-state index in [0.717, 1.165) is 28.8 Å². The third-order valence-corrected chi connectivity index (χ3v) is 8.41. The van der Waals surface area contributed by atoms with Gasteiger partial charge in [-0.1, -0.05) is 97.6 Å². The van der Waals surface area contributed by atoms with E-state index in [1.54, 1.807) is 6.92 Å². The molecule has 1 aromatic heterocycles. The molecule has 5 aromatic carbocycles. The Balaban J connectivity index is 1.50. The highest BCUT2D eigenvalue weighted by Crippen LogP contribution is 2.41. The van der Waals surface area contributed by atoms with Gasteiger partial charge in [-0.25, -0.2) is 13.6 Å². The second-order valence-electron chi connectivity index (χ2n) is 11.4. The standard InChI is InChI=1S/C41H32F2N2O5/c1-3-49-40(48)34-24-45(31-19-20-35(42)37(21-31)44-26-46)38-23-32(36(43)22-33(38)39(34)47)27(2)25-50-41(28-13-7-4-8-14-28,29-15-9-5-10-16-29)30-17-11-6-12-18-30/h4-24,26H,2-3,25H2,1H3,(H,44,46). The number of carbonyl (C=O) groups is 2. The van der Waals surface area contributed by atoms with Crippen molar-refractivity contribution in [2.75, 3.05) is 18.5 Å². The van der Waals surface area contributed by atoms with Gasteiger partial charge in [0, 0.05) is 22.8 Å². The van der Waals surface area contributed by atoms with E-state index in [2.05, 4.69) is 11.9 Å². The van der Waals surface area contributed by atoms with E-state index < -0.39 is 28.6 Å². The van der Waals surface area contributed by atoms with Gasteiger partial charge in [0.25, 0.3) is 0 Å². The summed E-state index contributed by atoms with van der Waals surface area (Å²) in [4.78, 5) is 37.6. The van der Waals surface area contributed by atoms with Gasteiger partial charge in [-0.3, -0.25) is 9.59 Å². The molecule has 50 heavy (non-hydrogen) atoms. The number of nitrogens with one attached hydrogen (secondary N) is 1. The number of esters is 1. The van der Waals surface area contributed by atoms with Crippen LogP contribution in [0.5, 0.6) is 0 Å². The van der Waals surface area contributed by atoms with Crippen LogP contribution in [0.25, 0.3) is 22.2 Å². The molecule has 0 aliphatic carbocycles. The van der Waals surface area contributed by atoms with E-state index >= 15 is 4.39 Å². The van der Waals surface area contributed by atoms with Crippen molar-refractivity contribution in [2.24, 2.45) is 0 Å². The van der Waals surface area contributed by atoms with Crippen LogP contribution in [0.4, 0.5) is 14.5 Å². The van der Waals surface area contributed by atoms with E-state index in [9.17, 15) is 18.8 Å². The lowest BCUT2D eigenvalue weighted by molar-refractivity contribution is -0.105. The first-order valence-corrected chi connectivity index (χ1v) is 15.8. The maximum atomic E-state index is 16.1. The molecule has 1 amide bonds. The quantitative estimate of drug-likeness (QED) is 0.0810. The summed E-state index contributed by atoms with van der Waals surface area (Å²) in [6.45, 7) is 5.67. The molecule has 0 unspecified atom stereocenters. The molecule has 1 heterocycles. The highest BCUT2D eigenvalue weighted by atomic mass is 19.1. The Bertz CT molecular complexity index is 2160. The van der Waals surface area contributed by atoms with Gasteiger partial charge in [0.15, 0.2) is 0 Å². The largest absolute Gasteiger partial charge is 0.462 e. The molecule has 0 fully saturated rings. The molecule has 250 valence electrons. The Labute approximate surface area is 287 Å². The summed E-state index contributed by atoms with van der Waals surface area (Å²) in [5.74, 6) is -2.36. The van der Waals surface area contributed by atoms with Crippen LogP contribution >= 0.6 is 0 Å². The Morgan fingerprint density at radius 2 is 1.40 bits per heavy atom. The number of rotatable bonds is 12. The molecule has 0 aliphatic heterocycles. The number of halogens is 2. The second kappa shape index (κ2) is 14.5. The first-order chi connectivity index (χ1) is 24.3. The lowest BCUT2D eigenvalue weighted by Crippen LogP contribution is -2.33. The second-order valence-corrected chi connectivity index (χ2v) is 11.4. The van der Waals surface area contributed by atoms with Crippen LogP contribution in [0, 0.1) is 11.6 Å². The summed E-state index contributed by atoms with van der Waals surface area (Å²) in [6.07, 6.45) is 1.58. The molecule has 9 heteroatoms. The molecule has 6 aromatic rings. The Morgan fingerprint density at radius 1 is 0.820 bits per heavy atom. The first kappa shape index (κ1) is 33.7. The van der Waals surface area contributed by atoms with E-state index in [1.807, 2.05) is 91.0 Å². The SMILES string of the molecule is C=C(COC(c1ccccc1)(c1ccccc1)c1ccccc1)c1cc2c(cc1F)c(=O)c(C(=O)OCC)cn2-c1ccc(F)c(NC=O)c1. The summed E-state index contributed by atoms with van der Waals surface area (Å²) < 4.78 is 44.0. The van der Waals surface area contributed by atoms with E-state index in [-0.39, 0.29) is 52.2 Å². The van der Waals surface area contributed by atoms with E-state index in [1.165, 1.54) is 29.0 Å². The third kappa shape index (κ3) is 6.34. The maximum absolute atomic E-state index is 16.1. The molecule has 0 radical (unpaired) electrons. The van der Waals surface area contributed by atoms with Gasteiger partial charge in [-0.15, -0.1) is 0 Å². The number of ether oxygens (including phenoxy) is 2. The summed E-state index contributed by atoms with van der Waals surface area (Å²) >= 11 is 0. The fraction of sp³-hybridized carbons (Fsp3) is 0.0976. The minimum atomic E-state index is -1.10. The molecule has 7 nitrogen and oxygen atoms in total. The van der Waals surface area contributed by atoms with Crippen molar-refractivity contribution in [3.63, 3.8) is 0 Å². The molecule has 0 spiro atoms. The van der Waals surface area contributed by atoms with Crippen LogP contribution in [0.2, 0.25) is 0 Å². The molecule has 0 atom stereocenters. The predicted molar refractivity (Wildman–Crippen MR) is 189 cm³/mol. The predicted octanol–water partition coefficient (Wildman–Crippen LogP) is 8.04. The monoisotopic (exact) mass is 670 g/mol. The molecular weight excluding hydrogens is 638 g/mol. The topological polar surface area (TPSA) is 86.6 Å². The Hall–Kier alpha value is -6.19. The lowest BCUT2D eigenvalue weighted by atomic mass is 9.80. The van der Waals surface area contributed by atoms with Crippen LogP contribution in [0.15, 0.2) is 139 Å². The van der Waals surface area contributed by atoms with E-state index in [4.69, 9.17) is 9.47 Å². The number of hydrogen-bond acceptors (Lipinski definition) is 5. The first-order valence-electron chi connectivity index (χ1n) is 15.8. The molecule has 0 saturated heterocycles. The van der Waals surface area contributed by atoms with Gasteiger partial charge in [-0.2, -0.15) is 0 Å². The smallest absolute Gasteiger partial charge is 0.343 e. The highest BCUT2D eigenvalue weighted by molar-refractivity contribution is 5.95. The fourth-order valence-corrected chi connectivity index (χ4v) is 6.06. The van der Waals surface area contributed by atoms with Gasteiger partial charge in [0.2, 0.25) is 11.8 Å². The number of pyridine rings is 1. The Morgan fingerprint density at radius 3 is 1.94 bits per heavy atom. The van der Waals surface area contributed by atoms with Gasteiger partial charge in [0.05, 0.1) is 24.4 Å². The fourth-order valence-electron chi connectivity index (χ4n) is 6.06. The van der Waals surface area contributed by atoms with Gasteiger partial charge >= 0.3 is 5.97 Å². The number of nitrogens with zero attached hydrogens (tertiary/aromatic N) is 1. The number of benzene rings is 5. The van der Waals surface area contributed by atoms with Crippen LogP contribution in [-0.2, 0) is 19.9 Å². The average molecular weight is 671 g/mol. The normalized spacial score (nSPS) is 11.3. The van der Waals surface area contributed by atoms with Gasteiger partial charge in [-0.05, 0) is 59.5 Å². The van der Waals surface area contributed by atoms with Crippen LogP contribution in [0.1, 0.15) is 39.5 Å². The summed E-state index contributed by atoms with van der Waals surface area (Å²) in [7, 11) is 0.